The van der Waals surface area contributed by atoms with E-state index in [0.29, 0.717) is 12.1 Å². The number of hydrogen-bond donors (Lipinski definition) is 2. The summed E-state index contributed by atoms with van der Waals surface area (Å²) in [6.07, 6.45) is 1.01. The molecule has 15 heavy (non-hydrogen) atoms. The van der Waals surface area contributed by atoms with Gasteiger partial charge in [0.1, 0.15) is 5.82 Å². The minimum absolute atomic E-state index is 0.109. The van der Waals surface area contributed by atoms with Crippen molar-refractivity contribution in [3.05, 3.63) is 34.1 Å². The predicted molar refractivity (Wildman–Crippen MR) is 64.2 cm³/mol. The van der Waals surface area contributed by atoms with Crippen molar-refractivity contribution in [1.82, 2.24) is 5.32 Å². The summed E-state index contributed by atoms with van der Waals surface area (Å²) in [7, 11) is 0. The average Bonchev–Trinajstić information content (AvgIpc) is 2.24. The van der Waals surface area contributed by atoms with Gasteiger partial charge in [0.2, 0.25) is 0 Å². The number of nitrogens with two attached hydrogens (primary N) is 1. The minimum atomic E-state index is -0.211. The lowest BCUT2D eigenvalue weighted by Gasteiger charge is -2.17. The summed E-state index contributed by atoms with van der Waals surface area (Å²) in [6.45, 7) is 3.30. The summed E-state index contributed by atoms with van der Waals surface area (Å²) >= 11 is 3.33. The summed E-state index contributed by atoms with van der Waals surface area (Å²) in [5.41, 5.74) is 6.25. The summed E-state index contributed by atoms with van der Waals surface area (Å²) < 4.78 is 14.4. The molecule has 1 atom stereocenters. The molecule has 1 aromatic rings. The van der Waals surface area contributed by atoms with E-state index in [9.17, 15) is 4.39 Å². The lowest BCUT2D eigenvalue weighted by molar-refractivity contribution is 0.505. The van der Waals surface area contributed by atoms with Gasteiger partial charge >= 0.3 is 0 Å². The van der Waals surface area contributed by atoms with E-state index in [1.165, 1.54) is 6.07 Å². The summed E-state index contributed by atoms with van der Waals surface area (Å²) in [5, 5.41) is 3.22. The molecule has 0 radical (unpaired) electrons. The van der Waals surface area contributed by atoms with Crippen LogP contribution in [0.25, 0.3) is 0 Å². The van der Waals surface area contributed by atoms with Crippen LogP contribution in [0.4, 0.5) is 4.39 Å². The van der Waals surface area contributed by atoms with E-state index in [1.807, 2.05) is 0 Å². The minimum Gasteiger partial charge on any atom is -0.329 e. The van der Waals surface area contributed by atoms with E-state index < -0.39 is 0 Å². The van der Waals surface area contributed by atoms with Gasteiger partial charge in [0.25, 0.3) is 0 Å². The fourth-order valence-corrected chi connectivity index (χ4v) is 1.80. The second-order valence-electron chi connectivity index (χ2n) is 3.41. The van der Waals surface area contributed by atoms with E-state index >= 15 is 0 Å². The van der Waals surface area contributed by atoms with Crippen LogP contribution in [-0.2, 0) is 0 Å². The fourth-order valence-electron chi connectivity index (χ4n) is 1.42. The molecule has 0 saturated carbocycles. The maximum atomic E-state index is 13.5. The molecule has 1 aromatic carbocycles. The molecule has 0 aliphatic carbocycles. The zero-order chi connectivity index (χ0) is 11.3. The van der Waals surface area contributed by atoms with Gasteiger partial charge in [-0.15, -0.1) is 0 Å². The molecular formula is C11H16BrFN2. The van der Waals surface area contributed by atoms with Crippen LogP contribution in [0.15, 0.2) is 22.7 Å². The third-order valence-electron chi connectivity index (χ3n) is 2.21. The lowest BCUT2D eigenvalue weighted by atomic mass is 10.1. The van der Waals surface area contributed by atoms with Gasteiger partial charge in [-0.05, 0) is 31.2 Å². The van der Waals surface area contributed by atoms with Gasteiger partial charge in [-0.3, -0.25) is 0 Å². The summed E-state index contributed by atoms with van der Waals surface area (Å²) in [5.74, 6) is -0.211. The largest absolute Gasteiger partial charge is 0.329 e. The number of halogens is 2. The smallest absolute Gasteiger partial charge is 0.128 e. The quantitative estimate of drug-likeness (QED) is 0.866. The average molecular weight is 275 g/mol. The molecule has 0 saturated heterocycles. The van der Waals surface area contributed by atoms with E-state index in [1.54, 1.807) is 12.1 Å². The third kappa shape index (κ3) is 3.55. The van der Waals surface area contributed by atoms with Crippen molar-refractivity contribution in [1.29, 1.82) is 0 Å². The highest BCUT2D eigenvalue weighted by Crippen LogP contribution is 2.21. The van der Waals surface area contributed by atoms with Crippen molar-refractivity contribution < 1.29 is 4.39 Å². The molecule has 2 nitrogen and oxygen atoms in total. The Bertz CT molecular complexity index is 317. The Morgan fingerprint density at radius 2 is 2.27 bits per heavy atom. The zero-order valence-electron chi connectivity index (χ0n) is 8.76. The molecule has 0 aliphatic heterocycles. The molecule has 1 unspecified atom stereocenters. The molecule has 0 heterocycles. The van der Waals surface area contributed by atoms with Gasteiger partial charge in [-0.25, -0.2) is 4.39 Å². The Morgan fingerprint density at radius 1 is 1.53 bits per heavy atom. The van der Waals surface area contributed by atoms with Crippen LogP contribution >= 0.6 is 15.9 Å². The van der Waals surface area contributed by atoms with Crippen LogP contribution in [0, 0.1) is 5.82 Å². The van der Waals surface area contributed by atoms with Crippen molar-refractivity contribution in [3.8, 4) is 0 Å². The van der Waals surface area contributed by atoms with E-state index in [-0.39, 0.29) is 11.9 Å². The van der Waals surface area contributed by atoms with Crippen LogP contribution < -0.4 is 11.1 Å². The first-order valence-corrected chi connectivity index (χ1v) is 5.86. The molecule has 0 amide bonds. The van der Waals surface area contributed by atoms with E-state index in [0.717, 1.165) is 17.4 Å². The normalized spacial score (nSPS) is 12.8. The molecule has 0 bridgehead atoms. The standard InChI is InChI=1S/C11H16BrFN2/c1-2-5-15-11(7-14)9-6-8(12)3-4-10(9)13/h3-4,6,11,15H,2,5,7,14H2,1H3. The summed E-state index contributed by atoms with van der Waals surface area (Å²) in [6, 6.07) is 4.81. The Kier molecular flexibility index (Phi) is 5.22. The van der Waals surface area contributed by atoms with Gasteiger partial charge < -0.3 is 11.1 Å². The van der Waals surface area contributed by atoms with Crippen molar-refractivity contribution in [3.63, 3.8) is 0 Å². The first-order valence-electron chi connectivity index (χ1n) is 5.07. The predicted octanol–water partition coefficient (Wildman–Crippen LogP) is 2.59. The topological polar surface area (TPSA) is 38.0 Å². The first-order chi connectivity index (χ1) is 7.19. The number of hydrogen-bond acceptors (Lipinski definition) is 2. The maximum Gasteiger partial charge on any atom is 0.128 e. The molecule has 1 rings (SSSR count). The molecule has 0 aromatic heterocycles. The van der Waals surface area contributed by atoms with Crippen molar-refractivity contribution in [2.45, 2.75) is 19.4 Å². The summed E-state index contributed by atoms with van der Waals surface area (Å²) in [4.78, 5) is 0. The van der Waals surface area contributed by atoms with Crippen molar-refractivity contribution in [2.75, 3.05) is 13.1 Å². The van der Waals surface area contributed by atoms with Crippen molar-refractivity contribution >= 4 is 15.9 Å². The highest BCUT2D eigenvalue weighted by Gasteiger charge is 2.13. The van der Waals surface area contributed by atoms with Gasteiger partial charge in [0.15, 0.2) is 0 Å². The molecule has 84 valence electrons. The Morgan fingerprint density at radius 3 is 2.87 bits per heavy atom. The molecule has 0 fully saturated rings. The highest BCUT2D eigenvalue weighted by atomic mass is 79.9. The van der Waals surface area contributed by atoms with Crippen LogP contribution in [-0.4, -0.2) is 13.1 Å². The maximum absolute atomic E-state index is 13.5. The molecule has 0 aliphatic rings. The second kappa shape index (κ2) is 6.20. The molecule has 4 heteroatoms. The van der Waals surface area contributed by atoms with Crippen LogP contribution in [0.1, 0.15) is 24.9 Å². The monoisotopic (exact) mass is 274 g/mol. The van der Waals surface area contributed by atoms with Gasteiger partial charge in [-0.2, -0.15) is 0 Å². The fraction of sp³-hybridized carbons (Fsp3) is 0.455. The number of rotatable bonds is 5. The second-order valence-corrected chi connectivity index (χ2v) is 4.32. The Labute approximate surface area is 98.2 Å². The van der Waals surface area contributed by atoms with Gasteiger partial charge in [0, 0.05) is 22.6 Å². The van der Waals surface area contributed by atoms with Crippen LogP contribution in [0.5, 0.6) is 0 Å². The third-order valence-corrected chi connectivity index (χ3v) is 2.70. The molecule has 0 spiro atoms. The van der Waals surface area contributed by atoms with Crippen LogP contribution in [0.2, 0.25) is 0 Å². The SMILES string of the molecule is CCCNC(CN)c1cc(Br)ccc1F. The lowest BCUT2D eigenvalue weighted by Crippen LogP contribution is -2.29. The number of benzene rings is 1. The molecule has 3 N–H and O–H groups in total. The van der Waals surface area contributed by atoms with Crippen LogP contribution in [0.3, 0.4) is 0 Å². The van der Waals surface area contributed by atoms with Gasteiger partial charge in [-0.1, -0.05) is 22.9 Å². The Balaban J connectivity index is 2.85. The molecular weight excluding hydrogens is 259 g/mol. The number of nitrogens with one attached hydrogen (secondary N) is 1. The Hall–Kier alpha value is -0.450. The highest BCUT2D eigenvalue weighted by molar-refractivity contribution is 9.10. The van der Waals surface area contributed by atoms with Crippen molar-refractivity contribution in [2.24, 2.45) is 5.73 Å². The van der Waals surface area contributed by atoms with E-state index in [2.05, 4.69) is 28.2 Å². The zero-order valence-corrected chi connectivity index (χ0v) is 10.3. The van der Waals surface area contributed by atoms with E-state index in [4.69, 9.17) is 5.73 Å². The van der Waals surface area contributed by atoms with Gasteiger partial charge in [0.05, 0.1) is 0 Å². The first kappa shape index (κ1) is 12.6.